The summed E-state index contributed by atoms with van der Waals surface area (Å²) in [5.74, 6) is -0.237. The fourth-order valence-electron chi connectivity index (χ4n) is 3.67. The summed E-state index contributed by atoms with van der Waals surface area (Å²) in [5, 5.41) is 13.4. The predicted molar refractivity (Wildman–Crippen MR) is 131 cm³/mol. The highest BCUT2D eigenvalue weighted by Gasteiger charge is 2.14. The average Bonchev–Trinajstić information content (AvgIpc) is 2.73. The first kappa shape index (κ1) is 27.1. The highest BCUT2D eigenvalue weighted by Crippen LogP contribution is 2.38. The summed E-state index contributed by atoms with van der Waals surface area (Å²) >= 11 is 12.1. The third-order valence-electron chi connectivity index (χ3n) is 5.70. The van der Waals surface area contributed by atoms with E-state index in [1.165, 1.54) is 83.5 Å². The van der Waals surface area contributed by atoms with Gasteiger partial charge in [0.15, 0.2) is 5.75 Å². The van der Waals surface area contributed by atoms with Gasteiger partial charge in [0.2, 0.25) is 5.91 Å². The van der Waals surface area contributed by atoms with E-state index < -0.39 is 0 Å². The van der Waals surface area contributed by atoms with Gasteiger partial charge in [-0.05, 0) is 25.0 Å². The second-order valence-corrected chi connectivity index (χ2v) is 9.23. The molecule has 5 heteroatoms. The number of aromatic hydroxyl groups is 1. The highest BCUT2D eigenvalue weighted by atomic mass is 35.5. The van der Waals surface area contributed by atoms with Crippen LogP contribution < -0.4 is 5.32 Å². The van der Waals surface area contributed by atoms with Crippen LogP contribution in [0.15, 0.2) is 6.07 Å². The quantitative estimate of drug-likeness (QED) is 0.181. The van der Waals surface area contributed by atoms with E-state index in [1.54, 1.807) is 13.0 Å². The van der Waals surface area contributed by atoms with Crippen LogP contribution in [0.1, 0.15) is 115 Å². The van der Waals surface area contributed by atoms with Crippen LogP contribution in [0.25, 0.3) is 0 Å². The van der Waals surface area contributed by atoms with Crippen molar-refractivity contribution in [2.24, 2.45) is 0 Å². The molecule has 3 nitrogen and oxygen atoms in total. The molecule has 0 spiro atoms. The van der Waals surface area contributed by atoms with E-state index in [2.05, 4.69) is 12.2 Å². The number of hydrogen-bond donors (Lipinski definition) is 2. The molecule has 30 heavy (non-hydrogen) atoms. The maximum absolute atomic E-state index is 12.1. The Balaban J connectivity index is 1.98. The second kappa shape index (κ2) is 16.7. The van der Waals surface area contributed by atoms with Gasteiger partial charge >= 0.3 is 0 Å². The van der Waals surface area contributed by atoms with E-state index in [0.717, 1.165) is 12.8 Å². The number of hydrogen-bond acceptors (Lipinski definition) is 2. The molecule has 0 saturated heterocycles. The van der Waals surface area contributed by atoms with Crippen molar-refractivity contribution in [3.63, 3.8) is 0 Å². The molecule has 0 unspecified atom stereocenters. The average molecular weight is 459 g/mol. The van der Waals surface area contributed by atoms with Gasteiger partial charge in [-0.15, -0.1) is 0 Å². The van der Waals surface area contributed by atoms with Gasteiger partial charge in [0, 0.05) is 11.4 Å². The minimum atomic E-state index is -0.122. The van der Waals surface area contributed by atoms with Crippen LogP contribution in [0.3, 0.4) is 0 Å². The molecule has 0 aromatic heterocycles. The molecule has 0 bridgehead atoms. The number of carbonyl (C=O) groups excluding carboxylic acids is 1. The van der Waals surface area contributed by atoms with Gasteiger partial charge in [-0.3, -0.25) is 4.79 Å². The Hall–Kier alpha value is -0.930. The summed E-state index contributed by atoms with van der Waals surface area (Å²) in [7, 11) is 0. The normalized spacial score (nSPS) is 11.1. The number of rotatable bonds is 17. The Labute approximate surface area is 193 Å². The van der Waals surface area contributed by atoms with Gasteiger partial charge in [-0.25, -0.2) is 0 Å². The lowest BCUT2D eigenvalue weighted by molar-refractivity contribution is -0.116. The van der Waals surface area contributed by atoms with E-state index in [0.29, 0.717) is 17.0 Å². The third-order valence-corrected chi connectivity index (χ3v) is 6.56. The smallest absolute Gasteiger partial charge is 0.224 e. The summed E-state index contributed by atoms with van der Waals surface area (Å²) in [6, 6.07) is 1.54. The third kappa shape index (κ3) is 11.5. The monoisotopic (exact) mass is 457 g/mol. The van der Waals surface area contributed by atoms with Gasteiger partial charge in [0.1, 0.15) is 0 Å². The molecule has 1 aromatic rings. The number of unbranched alkanes of at least 4 members (excludes halogenated alkanes) is 14. The highest BCUT2D eigenvalue weighted by molar-refractivity contribution is 6.37. The Kier molecular flexibility index (Phi) is 15.1. The van der Waals surface area contributed by atoms with Crippen molar-refractivity contribution in [2.75, 3.05) is 5.32 Å². The zero-order valence-electron chi connectivity index (χ0n) is 19.0. The molecule has 1 amide bonds. The molecule has 2 N–H and O–H groups in total. The Bertz CT molecular complexity index is 620. The van der Waals surface area contributed by atoms with Crippen LogP contribution >= 0.6 is 23.2 Å². The zero-order valence-corrected chi connectivity index (χ0v) is 20.5. The van der Waals surface area contributed by atoms with Crippen molar-refractivity contribution in [2.45, 2.75) is 117 Å². The molecule has 0 saturated carbocycles. The van der Waals surface area contributed by atoms with E-state index in [9.17, 15) is 9.90 Å². The van der Waals surface area contributed by atoms with Gasteiger partial charge in [-0.2, -0.15) is 0 Å². The molecule has 0 heterocycles. The van der Waals surface area contributed by atoms with Crippen molar-refractivity contribution in [3.05, 3.63) is 21.7 Å². The summed E-state index contributed by atoms with van der Waals surface area (Å²) in [5.41, 5.74) is 0.887. The summed E-state index contributed by atoms with van der Waals surface area (Å²) in [6.45, 7) is 3.99. The Morgan fingerprint density at radius 2 is 1.27 bits per heavy atom. The first-order chi connectivity index (χ1) is 14.5. The molecule has 0 aliphatic rings. The van der Waals surface area contributed by atoms with Crippen LogP contribution in [0.4, 0.5) is 5.69 Å². The van der Waals surface area contributed by atoms with Crippen molar-refractivity contribution in [1.29, 1.82) is 0 Å². The first-order valence-corrected chi connectivity index (χ1v) is 12.7. The Morgan fingerprint density at radius 1 is 0.833 bits per heavy atom. The van der Waals surface area contributed by atoms with Crippen LogP contribution in [-0.2, 0) is 4.79 Å². The molecule has 0 atom stereocenters. The number of amides is 1. The number of carbonyl (C=O) groups is 1. The maximum Gasteiger partial charge on any atom is 0.224 e. The maximum atomic E-state index is 12.1. The molecular weight excluding hydrogens is 417 g/mol. The molecule has 0 aliphatic heterocycles. The first-order valence-electron chi connectivity index (χ1n) is 11.9. The van der Waals surface area contributed by atoms with Crippen molar-refractivity contribution < 1.29 is 9.90 Å². The Morgan fingerprint density at radius 3 is 1.73 bits per heavy atom. The van der Waals surface area contributed by atoms with Crippen molar-refractivity contribution in [3.8, 4) is 5.75 Å². The fourth-order valence-corrected chi connectivity index (χ4v) is 4.12. The van der Waals surface area contributed by atoms with Crippen LogP contribution in [0.5, 0.6) is 5.75 Å². The molecule has 0 fully saturated rings. The largest absolute Gasteiger partial charge is 0.504 e. The molecule has 172 valence electrons. The SMILES string of the molecule is CCCCCCCCCCCCCCCCCC(=O)Nc1cc(Cl)c(C)c(Cl)c1O. The van der Waals surface area contributed by atoms with Gasteiger partial charge in [-0.1, -0.05) is 120 Å². The standard InChI is InChI=1S/C25H41Cl2NO2/c1-3-4-5-6-7-8-9-10-11-12-13-14-15-16-17-18-23(29)28-22-19-21(26)20(2)24(27)25(22)30/h19,30H,3-18H2,1-2H3,(H,28,29). The molecule has 0 radical (unpaired) electrons. The second-order valence-electron chi connectivity index (χ2n) is 8.44. The number of nitrogens with one attached hydrogen (secondary N) is 1. The lowest BCUT2D eigenvalue weighted by Gasteiger charge is -2.11. The van der Waals surface area contributed by atoms with Crippen LogP contribution in [0, 0.1) is 6.92 Å². The van der Waals surface area contributed by atoms with Crippen molar-refractivity contribution in [1.82, 2.24) is 0 Å². The zero-order chi connectivity index (χ0) is 22.2. The summed E-state index contributed by atoms with van der Waals surface area (Å²) < 4.78 is 0. The lowest BCUT2D eigenvalue weighted by atomic mass is 10.0. The lowest BCUT2D eigenvalue weighted by Crippen LogP contribution is -2.11. The van der Waals surface area contributed by atoms with Gasteiger partial charge in [0.25, 0.3) is 0 Å². The van der Waals surface area contributed by atoms with E-state index in [-0.39, 0.29) is 22.4 Å². The van der Waals surface area contributed by atoms with Gasteiger partial charge in [0.05, 0.1) is 10.7 Å². The number of phenolic OH excluding ortho intramolecular Hbond substituents is 1. The molecule has 1 rings (SSSR count). The van der Waals surface area contributed by atoms with Crippen molar-refractivity contribution >= 4 is 34.8 Å². The van der Waals surface area contributed by atoms with Crippen LogP contribution in [-0.4, -0.2) is 11.0 Å². The van der Waals surface area contributed by atoms with Crippen LogP contribution in [0.2, 0.25) is 10.0 Å². The number of anilines is 1. The molecule has 0 aliphatic carbocycles. The number of benzene rings is 1. The molecular formula is C25H41Cl2NO2. The topological polar surface area (TPSA) is 49.3 Å². The molecule has 1 aromatic carbocycles. The fraction of sp³-hybridized carbons (Fsp3) is 0.720. The number of halogens is 2. The van der Waals surface area contributed by atoms with E-state index >= 15 is 0 Å². The summed E-state index contributed by atoms with van der Waals surface area (Å²) in [6.07, 6.45) is 20.0. The number of phenols is 1. The van der Waals surface area contributed by atoms with E-state index in [1.807, 2.05) is 0 Å². The summed E-state index contributed by atoms with van der Waals surface area (Å²) in [4.78, 5) is 12.1. The van der Waals surface area contributed by atoms with E-state index in [4.69, 9.17) is 23.2 Å². The minimum Gasteiger partial charge on any atom is -0.504 e. The predicted octanol–water partition coefficient (Wildman–Crippen LogP) is 9.21. The minimum absolute atomic E-state index is 0.115. The van der Waals surface area contributed by atoms with Gasteiger partial charge < -0.3 is 10.4 Å².